The van der Waals surface area contributed by atoms with Crippen LogP contribution in [0.5, 0.6) is 17.2 Å². The maximum absolute atomic E-state index is 5.41. The Kier molecular flexibility index (Phi) is 11.3. The number of hydrogen-bond acceptors (Lipinski definition) is 5. The molecule has 0 radical (unpaired) electrons. The molecule has 7 nitrogen and oxygen atoms in total. The van der Waals surface area contributed by atoms with Crippen LogP contribution in [0.4, 0.5) is 0 Å². The van der Waals surface area contributed by atoms with Crippen molar-refractivity contribution in [1.82, 2.24) is 15.5 Å². The smallest absolute Gasteiger partial charge is 0.203 e. The summed E-state index contributed by atoms with van der Waals surface area (Å²) in [6.07, 6.45) is 0. The second-order valence-electron chi connectivity index (χ2n) is 6.87. The highest BCUT2D eigenvalue weighted by atomic mass is 127. The molecule has 2 aromatic carbocycles. The van der Waals surface area contributed by atoms with Crippen LogP contribution in [0.2, 0.25) is 0 Å². The summed E-state index contributed by atoms with van der Waals surface area (Å²) in [6, 6.07) is 12.4. The first kappa shape index (κ1) is 25.8. The summed E-state index contributed by atoms with van der Waals surface area (Å²) in [4.78, 5) is 6.45. The second-order valence-corrected chi connectivity index (χ2v) is 6.87. The van der Waals surface area contributed by atoms with E-state index in [0.717, 1.165) is 18.1 Å². The predicted molar refractivity (Wildman–Crippen MR) is 132 cm³/mol. The van der Waals surface area contributed by atoms with Crippen LogP contribution in [-0.2, 0) is 19.6 Å². The first-order chi connectivity index (χ1) is 14.0. The van der Waals surface area contributed by atoms with E-state index in [-0.39, 0.29) is 24.0 Å². The zero-order valence-corrected chi connectivity index (χ0v) is 20.9. The largest absolute Gasteiger partial charge is 0.493 e. The van der Waals surface area contributed by atoms with Gasteiger partial charge in [-0.15, -0.1) is 24.0 Å². The van der Waals surface area contributed by atoms with Gasteiger partial charge < -0.3 is 29.7 Å². The molecule has 0 aliphatic carbocycles. The lowest BCUT2D eigenvalue weighted by molar-refractivity contribution is 0.323. The monoisotopic (exact) mass is 528 g/mol. The van der Waals surface area contributed by atoms with Gasteiger partial charge in [0.15, 0.2) is 17.5 Å². The lowest BCUT2D eigenvalue weighted by atomic mass is 10.1. The number of nitrogens with one attached hydrogen (secondary N) is 2. The van der Waals surface area contributed by atoms with Crippen molar-refractivity contribution in [2.24, 2.45) is 4.99 Å². The van der Waals surface area contributed by atoms with Crippen LogP contribution in [0, 0.1) is 0 Å². The van der Waals surface area contributed by atoms with Crippen LogP contribution >= 0.6 is 24.0 Å². The van der Waals surface area contributed by atoms with Gasteiger partial charge in [0.2, 0.25) is 5.75 Å². The lowest BCUT2D eigenvalue weighted by Gasteiger charge is -2.16. The molecule has 0 aliphatic heterocycles. The minimum atomic E-state index is 0. The molecule has 2 N–H and O–H groups in total. The third-order valence-corrected chi connectivity index (χ3v) is 4.39. The summed E-state index contributed by atoms with van der Waals surface area (Å²) in [5.74, 6) is 2.56. The number of hydrogen-bond donors (Lipinski definition) is 2. The summed E-state index contributed by atoms with van der Waals surface area (Å²) in [5, 5.41) is 6.65. The first-order valence-corrected chi connectivity index (χ1v) is 9.46. The summed E-state index contributed by atoms with van der Waals surface area (Å²) in [5.41, 5.74) is 3.49. The molecule has 0 saturated carbocycles. The fourth-order valence-electron chi connectivity index (χ4n) is 2.96. The van der Waals surface area contributed by atoms with Crippen molar-refractivity contribution in [3.63, 3.8) is 0 Å². The Morgan fingerprint density at radius 1 is 0.833 bits per heavy atom. The van der Waals surface area contributed by atoms with Crippen molar-refractivity contribution >= 4 is 29.9 Å². The molecule has 2 rings (SSSR count). The Balaban J connectivity index is 0.00000450. The molecule has 0 amide bonds. The van der Waals surface area contributed by atoms with Crippen molar-refractivity contribution in [2.75, 3.05) is 42.5 Å². The molecular formula is C22H33IN4O3. The van der Waals surface area contributed by atoms with Crippen LogP contribution in [0.3, 0.4) is 0 Å². The van der Waals surface area contributed by atoms with Gasteiger partial charge in [-0.2, -0.15) is 0 Å². The highest BCUT2D eigenvalue weighted by Gasteiger charge is 2.13. The minimum Gasteiger partial charge on any atom is -0.493 e. The molecule has 0 fully saturated rings. The molecule has 0 saturated heterocycles. The molecule has 0 atom stereocenters. The molecular weight excluding hydrogens is 495 g/mol. The van der Waals surface area contributed by atoms with Gasteiger partial charge in [0, 0.05) is 26.7 Å². The normalized spacial score (nSPS) is 11.0. The molecule has 166 valence electrons. The number of halogens is 1. The topological polar surface area (TPSA) is 67.4 Å². The summed E-state index contributed by atoms with van der Waals surface area (Å²) >= 11 is 0. The number of aliphatic imine (C=N–C) groups is 1. The lowest BCUT2D eigenvalue weighted by Crippen LogP contribution is -2.36. The SMILES string of the molecule is CN=C(NCc1ccc(CN(C)C)cc1)NCc1cc(OC)c(OC)c(OC)c1.I. The van der Waals surface area contributed by atoms with Crippen molar-refractivity contribution in [3.05, 3.63) is 53.1 Å². The quantitative estimate of drug-likeness (QED) is 0.296. The summed E-state index contributed by atoms with van der Waals surface area (Å²) in [6.45, 7) is 2.20. The van der Waals surface area contributed by atoms with E-state index < -0.39 is 0 Å². The molecule has 0 unspecified atom stereocenters. The maximum atomic E-state index is 5.41. The molecule has 0 aliphatic rings. The zero-order chi connectivity index (χ0) is 21.2. The Bertz CT molecular complexity index is 786. The van der Waals surface area contributed by atoms with Gasteiger partial charge in [-0.05, 0) is 42.9 Å². The molecule has 0 heterocycles. The zero-order valence-electron chi connectivity index (χ0n) is 18.6. The number of ether oxygens (including phenoxy) is 3. The van der Waals surface area contributed by atoms with Crippen molar-refractivity contribution in [2.45, 2.75) is 19.6 Å². The van der Waals surface area contributed by atoms with Gasteiger partial charge >= 0.3 is 0 Å². The maximum Gasteiger partial charge on any atom is 0.203 e. The first-order valence-electron chi connectivity index (χ1n) is 9.46. The Hall–Kier alpha value is -2.20. The third kappa shape index (κ3) is 7.56. The average molecular weight is 528 g/mol. The van der Waals surface area contributed by atoms with E-state index in [0.29, 0.717) is 30.3 Å². The molecule has 30 heavy (non-hydrogen) atoms. The Morgan fingerprint density at radius 3 is 1.77 bits per heavy atom. The molecule has 0 aromatic heterocycles. The second kappa shape index (κ2) is 13.2. The van der Waals surface area contributed by atoms with E-state index >= 15 is 0 Å². The standard InChI is InChI=1S/C22H32N4O3.HI/c1-23-22(24-13-16-7-9-17(10-8-16)15-26(2)3)25-14-18-11-19(27-4)21(29-6)20(12-18)28-5;/h7-12H,13-15H2,1-6H3,(H2,23,24,25);1H. The highest BCUT2D eigenvalue weighted by molar-refractivity contribution is 14.0. The predicted octanol–water partition coefficient (Wildman–Crippen LogP) is 3.26. The highest BCUT2D eigenvalue weighted by Crippen LogP contribution is 2.38. The third-order valence-electron chi connectivity index (χ3n) is 4.39. The number of methoxy groups -OCH3 is 3. The average Bonchev–Trinajstić information content (AvgIpc) is 2.73. The van der Waals surface area contributed by atoms with Crippen molar-refractivity contribution in [1.29, 1.82) is 0 Å². The molecule has 2 aromatic rings. The van der Waals surface area contributed by atoms with Crippen LogP contribution in [0.25, 0.3) is 0 Å². The summed E-state index contributed by atoms with van der Waals surface area (Å²) < 4.78 is 16.2. The van der Waals surface area contributed by atoms with Gasteiger partial charge in [0.25, 0.3) is 0 Å². The van der Waals surface area contributed by atoms with E-state index in [1.54, 1.807) is 28.4 Å². The van der Waals surface area contributed by atoms with Gasteiger partial charge in [-0.3, -0.25) is 4.99 Å². The Labute approximate surface area is 196 Å². The van der Waals surface area contributed by atoms with Gasteiger partial charge in [0.1, 0.15) is 0 Å². The van der Waals surface area contributed by atoms with E-state index in [1.807, 2.05) is 12.1 Å². The number of guanidine groups is 1. The number of rotatable bonds is 9. The van der Waals surface area contributed by atoms with E-state index in [2.05, 4.69) is 58.9 Å². The van der Waals surface area contributed by atoms with E-state index in [1.165, 1.54) is 11.1 Å². The van der Waals surface area contributed by atoms with Crippen molar-refractivity contribution in [3.8, 4) is 17.2 Å². The van der Waals surface area contributed by atoms with Gasteiger partial charge in [-0.1, -0.05) is 24.3 Å². The molecule has 0 bridgehead atoms. The minimum absolute atomic E-state index is 0. The van der Waals surface area contributed by atoms with Crippen molar-refractivity contribution < 1.29 is 14.2 Å². The van der Waals surface area contributed by atoms with E-state index in [4.69, 9.17) is 14.2 Å². The Morgan fingerprint density at radius 2 is 1.33 bits per heavy atom. The molecule has 8 heteroatoms. The summed E-state index contributed by atoms with van der Waals surface area (Å²) in [7, 11) is 10.7. The van der Waals surface area contributed by atoms with Crippen LogP contribution in [0.1, 0.15) is 16.7 Å². The van der Waals surface area contributed by atoms with Crippen LogP contribution < -0.4 is 24.8 Å². The van der Waals surface area contributed by atoms with Crippen LogP contribution in [0.15, 0.2) is 41.4 Å². The van der Waals surface area contributed by atoms with Gasteiger partial charge in [-0.25, -0.2) is 0 Å². The van der Waals surface area contributed by atoms with E-state index in [9.17, 15) is 0 Å². The fraction of sp³-hybridized carbons (Fsp3) is 0.409. The van der Waals surface area contributed by atoms with Gasteiger partial charge in [0.05, 0.1) is 21.3 Å². The molecule has 0 spiro atoms. The van der Waals surface area contributed by atoms with Crippen LogP contribution in [-0.4, -0.2) is 53.3 Å². The fourth-order valence-corrected chi connectivity index (χ4v) is 2.96. The number of benzene rings is 2. The number of nitrogens with zero attached hydrogens (tertiary/aromatic N) is 2.